The number of carbonyl (C=O) groups is 3. The van der Waals surface area contributed by atoms with Crippen LogP contribution in [0, 0.1) is 5.92 Å². The van der Waals surface area contributed by atoms with Crippen molar-refractivity contribution in [2.24, 2.45) is 5.92 Å². The molecule has 4 rings (SSSR count). The van der Waals surface area contributed by atoms with E-state index in [4.69, 9.17) is 4.74 Å². The van der Waals surface area contributed by atoms with E-state index < -0.39 is 0 Å². The second-order valence-corrected chi connectivity index (χ2v) is 8.65. The summed E-state index contributed by atoms with van der Waals surface area (Å²) in [5, 5.41) is 9.81. The zero-order valence-electron chi connectivity index (χ0n) is 16.7. The van der Waals surface area contributed by atoms with Crippen LogP contribution in [0.2, 0.25) is 0 Å². The molecule has 29 heavy (non-hydrogen) atoms. The van der Waals surface area contributed by atoms with Crippen LogP contribution in [-0.2, 0) is 19.1 Å². The van der Waals surface area contributed by atoms with Crippen LogP contribution in [0.3, 0.4) is 0 Å². The number of ether oxygens (including phenoxy) is 1. The molecule has 0 aliphatic carbocycles. The summed E-state index contributed by atoms with van der Waals surface area (Å²) in [4.78, 5) is 42.6. The number of esters is 1. The quantitative estimate of drug-likeness (QED) is 0.664. The first-order chi connectivity index (χ1) is 14.1. The molecular formula is C19H27N5O4S. The third kappa shape index (κ3) is 4.08. The van der Waals surface area contributed by atoms with E-state index in [0.717, 1.165) is 25.8 Å². The molecule has 3 saturated heterocycles. The molecule has 1 aromatic heterocycles. The van der Waals surface area contributed by atoms with E-state index in [2.05, 4.69) is 10.2 Å². The van der Waals surface area contributed by atoms with Gasteiger partial charge in [0.15, 0.2) is 0 Å². The predicted molar refractivity (Wildman–Crippen MR) is 108 cm³/mol. The molecule has 1 aromatic rings. The number of anilines is 2. The van der Waals surface area contributed by atoms with Gasteiger partial charge in [-0.05, 0) is 39.0 Å². The summed E-state index contributed by atoms with van der Waals surface area (Å²) in [7, 11) is 0. The summed E-state index contributed by atoms with van der Waals surface area (Å²) in [6.45, 7) is 4.81. The molecule has 3 aliphatic rings. The molecule has 0 aromatic carbocycles. The lowest BCUT2D eigenvalue weighted by Crippen LogP contribution is -2.49. The van der Waals surface area contributed by atoms with Crippen LogP contribution in [0.15, 0.2) is 0 Å². The normalized spacial score (nSPS) is 23.1. The summed E-state index contributed by atoms with van der Waals surface area (Å²) in [5.41, 5.74) is 0. The van der Waals surface area contributed by atoms with Gasteiger partial charge in [-0.25, -0.2) is 0 Å². The Kier molecular flexibility index (Phi) is 5.98. The summed E-state index contributed by atoms with van der Waals surface area (Å²) in [6, 6.07) is -0.246. The van der Waals surface area contributed by atoms with Crippen LogP contribution in [0.1, 0.15) is 45.4 Å². The predicted octanol–water partition coefficient (Wildman–Crippen LogP) is 1.44. The van der Waals surface area contributed by atoms with Crippen LogP contribution in [0.4, 0.5) is 10.3 Å². The second kappa shape index (κ2) is 8.64. The average molecular weight is 422 g/mol. The molecule has 3 fully saturated rings. The van der Waals surface area contributed by atoms with Crippen LogP contribution in [0.25, 0.3) is 0 Å². The maximum atomic E-state index is 13.2. The molecule has 3 aliphatic heterocycles. The Hall–Kier alpha value is -2.23. The number of hydrogen-bond acceptors (Lipinski definition) is 8. The Bertz CT molecular complexity index is 776. The van der Waals surface area contributed by atoms with Gasteiger partial charge in [-0.3, -0.25) is 19.3 Å². The summed E-state index contributed by atoms with van der Waals surface area (Å²) in [6.07, 6.45) is 4.41. The van der Waals surface area contributed by atoms with Gasteiger partial charge in [0.2, 0.25) is 22.1 Å². The maximum Gasteiger partial charge on any atom is 0.309 e. The first kappa shape index (κ1) is 20.1. The van der Waals surface area contributed by atoms with Crippen molar-refractivity contribution >= 4 is 39.4 Å². The first-order valence-corrected chi connectivity index (χ1v) is 11.3. The number of rotatable bonds is 5. The highest BCUT2D eigenvalue weighted by molar-refractivity contribution is 7.19. The Morgan fingerprint density at radius 3 is 2.52 bits per heavy atom. The van der Waals surface area contributed by atoms with Crippen molar-refractivity contribution in [3.63, 3.8) is 0 Å². The first-order valence-electron chi connectivity index (χ1n) is 10.4. The monoisotopic (exact) mass is 421 g/mol. The molecule has 9 nitrogen and oxygen atoms in total. The van der Waals surface area contributed by atoms with E-state index in [0.29, 0.717) is 55.8 Å². The zero-order chi connectivity index (χ0) is 20.4. The van der Waals surface area contributed by atoms with Crippen molar-refractivity contribution in [1.82, 2.24) is 15.1 Å². The third-order valence-corrected chi connectivity index (χ3v) is 6.90. The highest BCUT2D eigenvalue weighted by Gasteiger charge is 2.38. The van der Waals surface area contributed by atoms with Crippen LogP contribution >= 0.6 is 11.3 Å². The van der Waals surface area contributed by atoms with Crippen molar-refractivity contribution < 1.29 is 19.1 Å². The van der Waals surface area contributed by atoms with E-state index >= 15 is 0 Å². The molecular weight excluding hydrogens is 394 g/mol. The third-order valence-electron chi connectivity index (χ3n) is 5.92. The minimum Gasteiger partial charge on any atom is -0.466 e. The lowest BCUT2D eigenvalue weighted by atomic mass is 9.96. The average Bonchev–Trinajstić information content (AvgIpc) is 3.47. The standard InChI is InChI=1S/C19H27N5O4S/c1-2-28-17(27)13-7-11-22(12-8-13)16(26)14-5-3-9-23(14)18-20-21-19(29-18)24-10-4-6-15(24)25/h13-14H,2-12H2,1H3/t14-/m1/s1. The minimum atomic E-state index is -0.246. The van der Waals surface area contributed by atoms with Gasteiger partial charge in [0, 0.05) is 32.6 Å². The van der Waals surface area contributed by atoms with Gasteiger partial charge in [-0.15, -0.1) is 10.2 Å². The molecule has 2 amide bonds. The Labute approximate surface area is 174 Å². The highest BCUT2D eigenvalue weighted by Crippen LogP contribution is 2.34. The Balaban J connectivity index is 1.39. The lowest BCUT2D eigenvalue weighted by molar-refractivity contribution is -0.151. The Morgan fingerprint density at radius 2 is 1.83 bits per heavy atom. The van der Waals surface area contributed by atoms with Gasteiger partial charge in [0.25, 0.3) is 0 Å². The molecule has 0 radical (unpaired) electrons. The topological polar surface area (TPSA) is 95.9 Å². The number of aromatic nitrogens is 2. The van der Waals surface area contributed by atoms with Gasteiger partial charge >= 0.3 is 5.97 Å². The molecule has 0 N–H and O–H groups in total. The van der Waals surface area contributed by atoms with Gasteiger partial charge in [0.05, 0.1) is 12.5 Å². The van der Waals surface area contributed by atoms with E-state index in [1.807, 2.05) is 16.7 Å². The van der Waals surface area contributed by atoms with Gasteiger partial charge in [0.1, 0.15) is 6.04 Å². The fraction of sp³-hybridized carbons (Fsp3) is 0.737. The van der Waals surface area contributed by atoms with Crippen LogP contribution < -0.4 is 9.80 Å². The highest BCUT2D eigenvalue weighted by atomic mass is 32.1. The minimum absolute atomic E-state index is 0.0891. The number of piperidine rings is 1. The largest absolute Gasteiger partial charge is 0.466 e. The summed E-state index contributed by atoms with van der Waals surface area (Å²) in [5.74, 6) is -0.0765. The van der Waals surface area contributed by atoms with E-state index in [1.54, 1.807) is 4.90 Å². The number of nitrogens with zero attached hydrogens (tertiary/aromatic N) is 5. The smallest absolute Gasteiger partial charge is 0.309 e. The van der Waals surface area contributed by atoms with E-state index in [-0.39, 0.29) is 29.7 Å². The molecule has 0 saturated carbocycles. The number of carbonyl (C=O) groups excluding carboxylic acids is 3. The molecule has 0 spiro atoms. The number of hydrogen-bond donors (Lipinski definition) is 0. The van der Waals surface area contributed by atoms with Crippen molar-refractivity contribution in [2.75, 3.05) is 42.6 Å². The number of amides is 2. The van der Waals surface area contributed by atoms with Crippen LogP contribution in [0.5, 0.6) is 0 Å². The maximum absolute atomic E-state index is 13.2. The zero-order valence-corrected chi connectivity index (χ0v) is 17.5. The van der Waals surface area contributed by atoms with E-state index in [1.165, 1.54) is 11.3 Å². The van der Waals surface area contributed by atoms with Gasteiger partial charge < -0.3 is 14.5 Å². The second-order valence-electron chi connectivity index (χ2n) is 7.72. The molecule has 0 bridgehead atoms. The van der Waals surface area contributed by atoms with Crippen molar-refractivity contribution in [3.8, 4) is 0 Å². The van der Waals surface area contributed by atoms with Gasteiger partial charge in [-0.2, -0.15) is 0 Å². The van der Waals surface area contributed by atoms with Gasteiger partial charge in [-0.1, -0.05) is 11.3 Å². The summed E-state index contributed by atoms with van der Waals surface area (Å²) >= 11 is 1.39. The lowest BCUT2D eigenvalue weighted by Gasteiger charge is -2.34. The molecule has 1 atom stereocenters. The SMILES string of the molecule is CCOC(=O)C1CCN(C(=O)[C@H]2CCCN2c2nnc(N3CCCC3=O)s2)CC1. The molecule has 4 heterocycles. The van der Waals surface area contributed by atoms with Crippen molar-refractivity contribution in [3.05, 3.63) is 0 Å². The fourth-order valence-corrected chi connectivity index (χ4v) is 5.31. The fourth-order valence-electron chi connectivity index (χ4n) is 4.34. The van der Waals surface area contributed by atoms with Crippen LogP contribution in [-0.4, -0.2) is 71.7 Å². The number of likely N-dealkylation sites (tertiary alicyclic amines) is 1. The Morgan fingerprint density at radius 1 is 1.07 bits per heavy atom. The van der Waals surface area contributed by atoms with Crippen molar-refractivity contribution in [1.29, 1.82) is 0 Å². The summed E-state index contributed by atoms with van der Waals surface area (Å²) < 4.78 is 5.11. The molecule has 158 valence electrons. The van der Waals surface area contributed by atoms with Crippen molar-refractivity contribution in [2.45, 2.75) is 51.5 Å². The molecule has 0 unspecified atom stereocenters. The molecule has 10 heteroatoms. The van der Waals surface area contributed by atoms with E-state index in [9.17, 15) is 14.4 Å².